The maximum Gasteiger partial charge on any atom is 0.325 e. The number of ether oxygens (including phenoxy) is 1. The van der Waals surface area contributed by atoms with E-state index in [1.165, 1.54) is 26.2 Å². The summed E-state index contributed by atoms with van der Waals surface area (Å²) < 4.78 is 4.94. The molecule has 1 amide bonds. The summed E-state index contributed by atoms with van der Waals surface area (Å²) in [6.07, 6.45) is 0. The number of carbonyl (C=O) groups is 2. The van der Waals surface area contributed by atoms with Crippen molar-refractivity contribution in [2.24, 2.45) is 0 Å². The predicted octanol–water partition coefficient (Wildman–Crippen LogP) is 2.20. The Morgan fingerprint density at radius 1 is 1.33 bits per heavy atom. The van der Waals surface area contributed by atoms with E-state index in [1.54, 1.807) is 0 Å². The van der Waals surface area contributed by atoms with E-state index >= 15 is 0 Å². The lowest BCUT2D eigenvalue weighted by Gasteiger charge is -2.11. The fraction of sp³-hybridized carbons (Fsp3) is 0.273. The fourth-order valence-electron chi connectivity index (χ4n) is 1.23. The molecule has 0 heterocycles. The minimum atomic E-state index is -1.13. The van der Waals surface area contributed by atoms with Gasteiger partial charge in [0.05, 0.1) is 17.2 Å². The smallest absolute Gasteiger partial charge is 0.325 e. The first-order chi connectivity index (χ1) is 8.36. The van der Waals surface area contributed by atoms with Gasteiger partial charge in [-0.05, 0) is 19.1 Å². The number of hydrogen-bond donors (Lipinski definition) is 2. The highest BCUT2D eigenvalue weighted by atomic mass is 35.5. The first-order valence-corrected chi connectivity index (χ1v) is 5.69. The standard InChI is InChI=1S/C11H11Cl2NO4/c1-5(11(16)17)14-10(15)6-3-7(12)9(18-2)8(13)4-6/h3-5H,1-2H3,(H,14,15)(H,16,17)/t5-/m1/s1. The van der Waals surface area contributed by atoms with Gasteiger partial charge in [-0.15, -0.1) is 0 Å². The molecule has 18 heavy (non-hydrogen) atoms. The molecule has 5 nitrogen and oxygen atoms in total. The fourth-order valence-corrected chi connectivity index (χ4v) is 1.87. The van der Waals surface area contributed by atoms with Crippen LogP contribution < -0.4 is 10.1 Å². The molecule has 0 aliphatic rings. The number of carbonyl (C=O) groups excluding carboxylic acids is 1. The maximum atomic E-state index is 11.7. The molecular weight excluding hydrogens is 281 g/mol. The second-order valence-corrected chi connectivity index (χ2v) is 4.32. The third kappa shape index (κ3) is 3.27. The summed E-state index contributed by atoms with van der Waals surface area (Å²) in [7, 11) is 1.40. The Balaban J connectivity index is 2.97. The molecule has 0 radical (unpaired) electrons. The number of nitrogens with one attached hydrogen (secondary N) is 1. The van der Waals surface area contributed by atoms with Gasteiger partial charge in [-0.1, -0.05) is 23.2 Å². The van der Waals surface area contributed by atoms with Crippen LogP contribution in [0.1, 0.15) is 17.3 Å². The highest BCUT2D eigenvalue weighted by Gasteiger charge is 2.17. The number of benzene rings is 1. The van der Waals surface area contributed by atoms with Gasteiger partial charge in [-0.25, -0.2) is 0 Å². The summed E-state index contributed by atoms with van der Waals surface area (Å²) in [5.41, 5.74) is 0.166. The Morgan fingerprint density at radius 2 is 1.83 bits per heavy atom. The van der Waals surface area contributed by atoms with Gasteiger partial charge in [-0.2, -0.15) is 0 Å². The Hall–Kier alpha value is -1.46. The first kappa shape index (κ1) is 14.6. The SMILES string of the molecule is COc1c(Cl)cc(C(=O)N[C@H](C)C(=O)O)cc1Cl. The molecule has 98 valence electrons. The number of carboxylic acid groups (broad SMARTS) is 1. The van der Waals surface area contributed by atoms with Crippen LogP contribution in [0.4, 0.5) is 0 Å². The number of methoxy groups -OCH3 is 1. The van der Waals surface area contributed by atoms with Crippen LogP contribution in [0, 0.1) is 0 Å². The van der Waals surface area contributed by atoms with E-state index in [0.717, 1.165) is 0 Å². The molecule has 0 aromatic heterocycles. The van der Waals surface area contributed by atoms with Gasteiger partial charge in [0.25, 0.3) is 5.91 Å². The lowest BCUT2D eigenvalue weighted by Crippen LogP contribution is -2.38. The molecule has 0 fully saturated rings. The molecule has 0 saturated heterocycles. The molecule has 1 atom stereocenters. The summed E-state index contributed by atoms with van der Waals surface area (Å²) in [4.78, 5) is 22.3. The first-order valence-electron chi connectivity index (χ1n) is 4.93. The molecule has 0 aliphatic carbocycles. The highest BCUT2D eigenvalue weighted by Crippen LogP contribution is 2.33. The number of amides is 1. The van der Waals surface area contributed by atoms with E-state index in [9.17, 15) is 9.59 Å². The van der Waals surface area contributed by atoms with E-state index in [2.05, 4.69) is 5.32 Å². The van der Waals surface area contributed by atoms with E-state index in [0.29, 0.717) is 0 Å². The van der Waals surface area contributed by atoms with E-state index < -0.39 is 17.9 Å². The maximum absolute atomic E-state index is 11.7. The van der Waals surface area contributed by atoms with E-state index in [-0.39, 0.29) is 21.4 Å². The summed E-state index contributed by atoms with van der Waals surface area (Å²) in [5.74, 6) is -1.44. The Morgan fingerprint density at radius 3 is 2.22 bits per heavy atom. The van der Waals surface area contributed by atoms with Gasteiger partial charge in [0.2, 0.25) is 0 Å². The Labute approximate surface area is 114 Å². The average Bonchev–Trinajstić information content (AvgIpc) is 2.28. The van der Waals surface area contributed by atoms with Crippen molar-refractivity contribution in [3.63, 3.8) is 0 Å². The minimum absolute atomic E-state index is 0.166. The average molecular weight is 292 g/mol. The summed E-state index contributed by atoms with van der Waals surface area (Å²) in [5, 5.41) is 11.3. The molecule has 0 saturated carbocycles. The van der Waals surface area contributed by atoms with Crippen LogP contribution in [0.3, 0.4) is 0 Å². The van der Waals surface area contributed by atoms with Crippen molar-refractivity contribution < 1.29 is 19.4 Å². The van der Waals surface area contributed by atoms with Crippen LogP contribution in [0.25, 0.3) is 0 Å². The third-order valence-electron chi connectivity index (χ3n) is 2.18. The van der Waals surface area contributed by atoms with Crippen molar-refractivity contribution in [3.05, 3.63) is 27.7 Å². The van der Waals surface area contributed by atoms with Gasteiger partial charge < -0.3 is 15.2 Å². The Kier molecular flexibility index (Phi) is 4.81. The molecule has 0 spiro atoms. The van der Waals surface area contributed by atoms with Crippen molar-refractivity contribution in [3.8, 4) is 5.75 Å². The monoisotopic (exact) mass is 291 g/mol. The number of rotatable bonds is 4. The van der Waals surface area contributed by atoms with Crippen LogP contribution in [-0.4, -0.2) is 30.1 Å². The van der Waals surface area contributed by atoms with Crippen molar-refractivity contribution in [2.75, 3.05) is 7.11 Å². The van der Waals surface area contributed by atoms with Crippen LogP contribution >= 0.6 is 23.2 Å². The van der Waals surface area contributed by atoms with Crippen LogP contribution in [0.15, 0.2) is 12.1 Å². The number of carboxylic acids is 1. The van der Waals surface area contributed by atoms with Crippen LogP contribution in [-0.2, 0) is 4.79 Å². The third-order valence-corrected chi connectivity index (χ3v) is 2.74. The molecule has 0 aliphatic heterocycles. The summed E-state index contributed by atoms with van der Waals surface area (Å²) >= 11 is 11.7. The van der Waals surface area contributed by atoms with Crippen LogP contribution in [0.5, 0.6) is 5.75 Å². The predicted molar refractivity (Wildman–Crippen MR) is 67.6 cm³/mol. The molecule has 1 rings (SSSR count). The van der Waals surface area contributed by atoms with Crippen molar-refractivity contribution >= 4 is 35.1 Å². The lowest BCUT2D eigenvalue weighted by molar-refractivity contribution is -0.138. The number of aliphatic carboxylic acids is 1. The molecule has 2 N–H and O–H groups in total. The summed E-state index contributed by atoms with van der Waals surface area (Å²) in [6, 6.07) is 1.71. The van der Waals surface area contributed by atoms with Crippen molar-refractivity contribution in [2.45, 2.75) is 13.0 Å². The lowest BCUT2D eigenvalue weighted by atomic mass is 10.2. The molecule has 0 bridgehead atoms. The zero-order valence-corrected chi connectivity index (χ0v) is 11.2. The zero-order valence-electron chi connectivity index (χ0n) is 9.66. The van der Waals surface area contributed by atoms with Crippen molar-refractivity contribution in [1.29, 1.82) is 0 Å². The summed E-state index contributed by atoms with van der Waals surface area (Å²) in [6.45, 7) is 1.35. The quantitative estimate of drug-likeness (QED) is 0.892. The molecule has 7 heteroatoms. The van der Waals surface area contributed by atoms with E-state index in [4.69, 9.17) is 33.0 Å². The van der Waals surface area contributed by atoms with Gasteiger partial charge in [0, 0.05) is 5.56 Å². The largest absolute Gasteiger partial charge is 0.494 e. The van der Waals surface area contributed by atoms with Gasteiger partial charge in [0.15, 0.2) is 5.75 Å². The highest BCUT2D eigenvalue weighted by molar-refractivity contribution is 6.37. The van der Waals surface area contributed by atoms with Gasteiger partial charge >= 0.3 is 5.97 Å². The molecular formula is C11H11Cl2NO4. The minimum Gasteiger partial charge on any atom is -0.494 e. The molecule has 1 aromatic rings. The topological polar surface area (TPSA) is 75.6 Å². The van der Waals surface area contributed by atoms with E-state index in [1.807, 2.05) is 0 Å². The van der Waals surface area contributed by atoms with Gasteiger partial charge in [-0.3, -0.25) is 9.59 Å². The van der Waals surface area contributed by atoms with Gasteiger partial charge in [0.1, 0.15) is 6.04 Å². The second-order valence-electron chi connectivity index (χ2n) is 3.51. The van der Waals surface area contributed by atoms with Crippen molar-refractivity contribution in [1.82, 2.24) is 5.32 Å². The number of hydrogen-bond acceptors (Lipinski definition) is 3. The molecule has 1 aromatic carbocycles. The Bertz CT molecular complexity index is 467. The number of halogens is 2. The molecule has 0 unspecified atom stereocenters. The zero-order chi connectivity index (χ0) is 13.9. The second kappa shape index (κ2) is 5.93. The normalized spacial score (nSPS) is 11.8. The van der Waals surface area contributed by atoms with Crippen LogP contribution in [0.2, 0.25) is 10.0 Å².